The molecule has 0 saturated carbocycles. The van der Waals surface area contributed by atoms with Crippen LogP contribution in [0.4, 0.5) is 0 Å². The first-order valence-electron chi connectivity index (χ1n) is 3.82. The maximum absolute atomic E-state index is 5.41. The molecule has 0 saturated heterocycles. The van der Waals surface area contributed by atoms with Gasteiger partial charge in [0.1, 0.15) is 0 Å². The van der Waals surface area contributed by atoms with E-state index in [0.717, 1.165) is 10.7 Å². The van der Waals surface area contributed by atoms with E-state index in [1.165, 1.54) is 0 Å². The average Bonchev–Trinajstić information content (AvgIpc) is 2.34. The Balaban J connectivity index is 2.70. The summed E-state index contributed by atoms with van der Waals surface area (Å²) in [7, 11) is 0. The molecule has 1 aromatic rings. The van der Waals surface area contributed by atoms with Crippen molar-refractivity contribution >= 4 is 28.5 Å². The maximum atomic E-state index is 5.41. The van der Waals surface area contributed by atoms with Crippen LogP contribution in [0.2, 0.25) is 0 Å². The summed E-state index contributed by atoms with van der Waals surface area (Å²) in [4.78, 5) is 4.91. The number of thiazole rings is 1. The Labute approximate surface area is 81.8 Å². The summed E-state index contributed by atoms with van der Waals surface area (Å²) >= 11 is 6.42. The third-order valence-corrected chi connectivity index (χ3v) is 2.50. The predicted octanol–water partition coefficient (Wildman–Crippen LogP) is 2.10. The van der Waals surface area contributed by atoms with Gasteiger partial charge >= 0.3 is 0 Å². The van der Waals surface area contributed by atoms with Gasteiger partial charge < -0.3 is 5.73 Å². The Morgan fingerprint density at radius 3 is 2.83 bits per heavy atom. The molecule has 0 aromatic carbocycles. The fourth-order valence-electron chi connectivity index (χ4n) is 0.821. The summed E-state index contributed by atoms with van der Waals surface area (Å²) < 4.78 is 0. The van der Waals surface area contributed by atoms with E-state index in [1.54, 1.807) is 11.3 Å². The van der Waals surface area contributed by atoms with Gasteiger partial charge in [-0.1, -0.05) is 26.1 Å². The molecule has 12 heavy (non-hydrogen) atoms. The number of hydrogen-bond acceptors (Lipinski definition) is 3. The van der Waals surface area contributed by atoms with Crippen molar-refractivity contribution in [1.29, 1.82) is 0 Å². The number of thiocarbonyl (C=S) groups is 1. The Morgan fingerprint density at radius 2 is 2.42 bits per heavy atom. The van der Waals surface area contributed by atoms with Gasteiger partial charge in [0.05, 0.1) is 15.7 Å². The molecule has 1 rings (SSSR count). The quantitative estimate of drug-likeness (QED) is 0.759. The second kappa shape index (κ2) is 3.96. The molecule has 2 N–H and O–H groups in total. The first-order chi connectivity index (χ1) is 5.59. The lowest BCUT2D eigenvalue weighted by Gasteiger charge is -1.96. The zero-order valence-electron chi connectivity index (χ0n) is 7.20. The molecule has 0 unspecified atom stereocenters. The van der Waals surface area contributed by atoms with Crippen molar-refractivity contribution in [2.45, 2.75) is 26.2 Å². The summed E-state index contributed by atoms with van der Waals surface area (Å²) in [5.41, 5.74) is 6.54. The van der Waals surface area contributed by atoms with Gasteiger partial charge in [0.15, 0.2) is 0 Å². The van der Waals surface area contributed by atoms with Gasteiger partial charge in [0.25, 0.3) is 0 Å². The maximum Gasteiger partial charge on any atom is 0.0995 e. The summed E-state index contributed by atoms with van der Waals surface area (Å²) in [6.07, 6.45) is 0.632. The lowest BCUT2D eigenvalue weighted by molar-refractivity contribution is 0.827. The van der Waals surface area contributed by atoms with Crippen LogP contribution >= 0.6 is 23.6 Å². The van der Waals surface area contributed by atoms with Gasteiger partial charge in [-0.2, -0.15) is 0 Å². The summed E-state index contributed by atoms with van der Waals surface area (Å²) in [5.74, 6) is 0.487. The zero-order valence-corrected chi connectivity index (χ0v) is 8.84. The van der Waals surface area contributed by atoms with E-state index in [1.807, 2.05) is 0 Å². The Morgan fingerprint density at radius 1 is 1.75 bits per heavy atom. The number of nitrogens with two attached hydrogens (primary N) is 1. The topological polar surface area (TPSA) is 38.9 Å². The molecule has 0 atom stereocenters. The van der Waals surface area contributed by atoms with E-state index >= 15 is 0 Å². The minimum Gasteiger partial charge on any atom is -0.393 e. The van der Waals surface area contributed by atoms with Crippen LogP contribution in [0, 0.1) is 0 Å². The molecule has 0 radical (unpaired) electrons. The fourth-order valence-corrected chi connectivity index (χ4v) is 2.03. The van der Waals surface area contributed by atoms with Crippen molar-refractivity contribution in [1.82, 2.24) is 4.98 Å². The monoisotopic (exact) mass is 200 g/mol. The van der Waals surface area contributed by atoms with Crippen LogP contribution in [0.5, 0.6) is 0 Å². The standard InChI is InChI=1S/C8H12N2S2/c1-5(2)6-4-12-8(10-6)3-7(9)11/h4-5H,3H2,1-2H3,(H2,9,11). The summed E-state index contributed by atoms with van der Waals surface area (Å²) in [6.45, 7) is 4.25. The van der Waals surface area contributed by atoms with E-state index in [0.29, 0.717) is 17.3 Å². The summed E-state index contributed by atoms with van der Waals surface area (Å²) in [5, 5.41) is 3.09. The second-order valence-corrected chi connectivity index (χ2v) is 4.43. The highest BCUT2D eigenvalue weighted by atomic mass is 32.1. The number of aromatic nitrogens is 1. The molecule has 0 aliphatic rings. The molecule has 0 aliphatic carbocycles. The van der Waals surface area contributed by atoms with Gasteiger partial charge in [-0.15, -0.1) is 11.3 Å². The first kappa shape index (κ1) is 9.61. The Hall–Kier alpha value is -0.480. The second-order valence-electron chi connectivity index (χ2n) is 2.96. The van der Waals surface area contributed by atoms with E-state index in [-0.39, 0.29) is 0 Å². The van der Waals surface area contributed by atoms with Crippen molar-refractivity contribution in [3.63, 3.8) is 0 Å². The fraction of sp³-hybridized carbons (Fsp3) is 0.500. The Kier molecular flexibility index (Phi) is 3.17. The highest BCUT2D eigenvalue weighted by molar-refractivity contribution is 7.80. The van der Waals surface area contributed by atoms with Crippen LogP contribution in [0.25, 0.3) is 0 Å². The molecular weight excluding hydrogens is 188 g/mol. The molecule has 2 nitrogen and oxygen atoms in total. The third kappa shape index (κ3) is 2.53. The normalized spacial score (nSPS) is 10.6. The molecule has 66 valence electrons. The molecule has 1 heterocycles. The summed E-state index contributed by atoms with van der Waals surface area (Å²) in [6, 6.07) is 0. The number of rotatable bonds is 3. The average molecular weight is 200 g/mol. The Bertz CT molecular complexity index is 278. The van der Waals surface area contributed by atoms with Gasteiger partial charge in [-0.25, -0.2) is 4.98 Å². The van der Waals surface area contributed by atoms with E-state index in [9.17, 15) is 0 Å². The van der Waals surface area contributed by atoms with Crippen LogP contribution in [0.3, 0.4) is 0 Å². The highest BCUT2D eigenvalue weighted by Gasteiger charge is 2.05. The molecule has 0 fully saturated rings. The van der Waals surface area contributed by atoms with Crippen molar-refractivity contribution in [3.8, 4) is 0 Å². The van der Waals surface area contributed by atoms with Gasteiger partial charge in [-0.3, -0.25) is 0 Å². The van der Waals surface area contributed by atoms with Crippen LogP contribution in [0.15, 0.2) is 5.38 Å². The molecule has 0 spiro atoms. The molecule has 1 aromatic heterocycles. The largest absolute Gasteiger partial charge is 0.393 e. The molecule has 0 amide bonds. The SMILES string of the molecule is CC(C)c1csc(CC(N)=S)n1. The van der Waals surface area contributed by atoms with E-state index in [4.69, 9.17) is 18.0 Å². The number of nitrogens with zero attached hydrogens (tertiary/aromatic N) is 1. The smallest absolute Gasteiger partial charge is 0.0995 e. The zero-order chi connectivity index (χ0) is 9.14. The minimum absolute atomic E-state index is 0.487. The molecule has 4 heteroatoms. The highest BCUT2D eigenvalue weighted by Crippen LogP contribution is 2.17. The molecular formula is C8H12N2S2. The van der Waals surface area contributed by atoms with Crippen LogP contribution in [-0.2, 0) is 6.42 Å². The van der Waals surface area contributed by atoms with Gasteiger partial charge in [0, 0.05) is 11.8 Å². The van der Waals surface area contributed by atoms with Crippen molar-refractivity contribution < 1.29 is 0 Å². The predicted molar refractivity (Wildman–Crippen MR) is 56.7 cm³/mol. The number of hydrogen-bond donors (Lipinski definition) is 1. The van der Waals surface area contributed by atoms with Crippen LogP contribution in [-0.4, -0.2) is 9.97 Å². The van der Waals surface area contributed by atoms with Gasteiger partial charge in [-0.05, 0) is 5.92 Å². The van der Waals surface area contributed by atoms with Crippen molar-refractivity contribution in [2.75, 3.05) is 0 Å². The van der Waals surface area contributed by atoms with Crippen LogP contribution < -0.4 is 5.73 Å². The lowest BCUT2D eigenvalue weighted by Crippen LogP contribution is -2.10. The van der Waals surface area contributed by atoms with Crippen molar-refractivity contribution in [3.05, 3.63) is 16.1 Å². The van der Waals surface area contributed by atoms with E-state index in [2.05, 4.69) is 24.2 Å². The van der Waals surface area contributed by atoms with E-state index < -0.39 is 0 Å². The lowest BCUT2D eigenvalue weighted by atomic mass is 10.2. The third-order valence-electron chi connectivity index (χ3n) is 1.49. The molecule has 0 bridgehead atoms. The van der Waals surface area contributed by atoms with Crippen LogP contribution in [0.1, 0.15) is 30.5 Å². The van der Waals surface area contributed by atoms with Gasteiger partial charge in [0.2, 0.25) is 0 Å². The minimum atomic E-state index is 0.487. The first-order valence-corrected chi connectivity index (χ1v) is 5.11. The van der Waals surface area contributed by atoms with Crippen molar-refractivity contribution in [2.24, 2.45) is 5.73 Å². The molecule has 0 aliphatic heterocycles.